The first-order valence-electron chi connectivity index (χ1n) is 8.27. The van der Waals surface area contributed by atoms with Crippen molar-refractivity contribution in [2.75, 3.05) is 30.3 Å². The molecular formula is C19H22ClN3O. The Hall–Kier alpha value is -2.20. The molecule has 2 aromatic carbocycles. The van der Waals surface area contributed by atoms with Gasteiger partial charge in [0.2, 0.25) is 5.91 Å². The van der Waals surface area contributed by atoms with E-state index in [0.29, 0.717) is 13.1 Å². The van der Waals surface area contributed by atoms with E-state index in [4.69, 9.17) is 17.3 Å². The van der Waals surface area contributed by atoms with Gasteiger partial charge in [0, 0.05) is 29.5 Å². The van der Waals surface area contributed by atoms with E-state index in [2.05, 4.69) is 10.2 Å². The Morgan fingerprint density at radius 1 is 1.21 bits per heavy atom. The van der Waals surface area contributed by atoms with E-state index in [1.54, 1.807) is 0 Å². The molecule has 0 saturated carbocycles. The van der Waals surface area contributed by atoms with Gasteiger partial charge in [0.1, 0.15) is 0 Å². The molecule has 0 aromatic heterocycles. The molecule has 0 radical (unpaired) electrons. The van der Waals surface area contributed by atoms with Crippen LogP contribution in [0.15, 0.2) is 42.5 Å². The molecule has 24 heavy (non-hydrogen) atoms. The molecule has 0 atom stereocenters. The third-order valence-electron chi connectivity index (χ3n) is 4.37. The average molecular weight is 344 g/mol. The van der Waals surface area contributed by atoms with Gasteiger partial charge >= 0.3 is 0 Å². The van der Waals surface area contributed by atoms with E-state index >= 15 is 0 Å². The predicted molar refractivity (Wildman–Crippen MR) is 99.6 cm³/mol. The van der Waals surface area contributed by atoms with Crippen molar-refractivity contribution in [3.63, 3.8) is 0 Å². The molecule has 0 bridgehead atoms. The summed E-state index contributed by atoms with van der Waals surface area (Å²) in [6.45, 7) is 1.89. The number of nitrogens with one attached hydrogen (secondary N) is 1. The van der Waals surface area contributed by atoms with Crippen molar-refractivity contribution in [2.24, 2.45) is 0 Å². The quantitative estimate of drug-likeness (QED) is 0.820. The molecule has 4 nitrogen and oxygen atoms in total. The third kappa shape index (κ3) is 4.01. The van der Waals surface area contributed by atoms with E-state index in [1.807, 2.05) is 42.5 Å². The third-order valence-corrected chi connectivity index (χ3v) is 4.62. The topological polar surface area (TPSA) is 58.4 Å². The largest absolute Gasteiger partial charge is 0.398 e. The highest BCUT2D eigenvalue weighted by Gasteiger charge is 2.20. The fourth-order valence-corrected chi connectivity index (χ4v) is 3.24. The van der Waals surface area contributed by atoms with Crippen LogP contribution >= 0.6 is 11.6 Å². The van der Waals surface area contributed by atoms with Gasteiger partial charge < -0.3 is 16.0 Å². The van der Waals surface area contributed by atoms with Gasteiger partial charge in [0.15, 0.2) is 0 Å². The lowest BCUT2D eigenvalue weighted by molar-refractivity contribution is -0.119. The number of nitrogen functional groups attached to an aromatic ring is 1. The molecule has 0 fully saturated rings. The van der Waals surface area contributed by atoms with Crippen LogP contribution < -0.4 is 16.0 Å². The van der Waals surface area contributed by atoms with Crippen molar-refractivity contribution in [3.05, 3.63) is 58.6 Å². The first kappa shape index (κ1) is 16.7. The lowest BCUT2D eigenvalue weighted by Crippen LogP contribution is -2.40. The number of anilines is 2. The monoisotopic (exact) mass is 343 g/mol. The Bertz CT molecular complexity index is 715. The van der Waals surface area contributed by atoms with Gasteiger partial charge in [-0.1, -0.05) is 29.8 Å². The van der Waals surface area contributed by atoms with Crippen molar-refractivity contribution in [3.8, 4) is 0 Å². The number of benzene rings is 2. The summed E-state index contributed by atoms with van der Waals surface area (Å²) >= 11 is 5.87. The molecule has 0 unspecified atom stereocenters. The van der Waals surface area contributed by atoms with Crippen LogP contribution in [0.4, 0.5) is 11.4 Å². The SMILES string of the molecule is Nc1cccc2c1CCCN2CC(=O)NCCc1ccc(Cl)cc1. The van der Waals surface area contributed by atoms with E-state index in [1.165, 1.54) is 0 Å². The maximum Gasteiger partial charge on any atom is 0.239 e. The molecular weight excluding hydrogens is 322 g/mol. The number of rotatable bonds is 5. The molecule has 126 valence electrons. The predicted octanol–water partition coefficient (Wildman–Crippen LogP) is 3.03. The van der Waals surface area contributed by atoms with Gasteiger partial charge in [0.25, 0.3) is 0 Å². The number of hydrogen-bond acceptors (Lipinski definition) is 3. The molecule has 1 amide bonds. The van der Waals surface area contributed by atoms with Gasteiger partial charge in [0.05, 0.1) is 6.54 Å². The molecule has 2 aromatic rings. The molecule has 1 aliphatic rings. The zero-order valence-electron chi connectivity index (χ0n) is 13.6. The highest BCUT2D eigenvalue weighted by molar-refractivity contribution is 6.30. The van der Waals surface area contributed by atoms with Crippen molar-refractivity contribution >= 4 is 28.9 Å². The number of nitrogens with zero attached hydrogens (tertiary/aromatic N) is 1. The number of nitrogens with two attached hydrogens (primary N) is 1. The second-order valence-corrected chi connectivity index (χ2v) is 6.53. The second-order valence-electron chi connectivity index (χ2n) is 6.10. The number of halogens is 1. The van der Waals surface area contributed by atoms with Crippen LogP contribution in [0.2, 0.25) is 5.02 Å². The summed E-state index contributed by atoms with van der Waals surface area (Å²) in [6, 6.07) is 13.6. The minimum atomic E-state index is 0.0410. The van der Waals surface area contributed by atoms with E-state index in [9.17, 15) is 4.79 Å². The van der Waals surface area contributed by atoms with Crippen LogP contribution in [0.5, 0.6) is 0 Å². The van der Waals surface area contributed by atoms with Crippen LogP contribution in [0.1, 0.15) is 17.5 Å². The number of carbonyl (C=O) groups excluding carboxylic acids is 1. The fraction of sp³-hybridized carbons (Fsp3) is 0.316. The lowest BCUT2D eigenvalue weighted by Gasteiger charge is -2.31. The first-order valence-corrected chi connectivity index (χ1v) is 8.65. The van der Waals surface area contributed by atoms with Crippen LogP contribution in [0, 0.1) is 0 Å². The van der Waals surface area contributed by atoms with Crippen LogP contribution in [-0.4, -0.2) is 25.5 Å². The van der Waals surface area contributed by atoms with Gasteiger partial charge in [-0.3, -0.25) is 4.79 Å². The summed E-state index contributed by atoms with van der Waals surface area (Å²) in [5.74, 6) is 0.0410. The molecule has 1 heterocycles. The van der Waals surface area contributed by atoms with Crippen molar-refractivity contribution in [1.29, 1.82) is 0 Å². The first-order chi connectivity index (χ1) is 11.6. The van der Waals surface area contributed by atoms with Gasteiger partial charge in [-0.2, -0.15) is 0 Å². The highest BCUT2D eigenvalue weighted by atomic mass is 35.5. The van der Waals surface area contributed by atoms with Gasteiger partial charge in [-0.15, -0.1) is 0 Å². The van der Waals surface area contributed by atoms with Crippen molar-refractivity contribution in [1.82, 2.24) is 5.32 Å². The van der Waals surface area contributed by atoms with Crippen LogP contribution in [0.3, 0.4) is 0 Å². The highest BCUT2D eigenvalue weighted by Crippen LogP contribution is 2.30. The Balaban J connectivity index is 1.53. The number of fused-ring (bicyclic) bond motifs is 1. The molecule has 0 saturated heterocycles. The molecule has 1 aliphatic heterocycles. The van der Waals surface area contributed by atoms with Crippen molar-refractivity contribution < 1.29 is 4.79 Å². The second kappa shape index (κ2) is 7.58. The Kier molecular flexibility index (Phi) is 5.26. The maximum absolute atomic E-state index is 12.2. The molecule has 5 heteroatoms. The minimum Gasteiger partial charge on any atom is -0.398 e. The summed E-state index contributed by atoms with van der Waals surface area (Å²) < 4.78 is 0. The smallest absolute Gasteiger partial charge is 0.239 e. The number of hydrogen-bond donors (Lipinski definition) is 2. The van der Waals surface area contributed by atoms with Gasteiger partial charge in [-0.05, 0) is 54.7 Å². The number of carbonyl (C=O) groups is 1. The summed E-state index contributed by atoms with van der Waals surface area (Å²) in [5.41, 5.74) is 10.3. The van der Waals surface area contributed by atoms with Crippen molar-refractivity contribution in [2.45, 2.75) is 19.3 Å². The Morgan fingerprint density at radius 2 is 2.00 bits per heavy atom. The maximum atomic E-state index is 12.2. The molecule has 3 rings (SSSR count). The Labute approximate surface area is 147 Å². The normalized spacial score (nSPS) is 13.5. The summed E-state index contributed by atoms with van der Waals surface area (Å²) in [4.78, 5) is 14.4. The van der Waals surface area contributed by atoms with E-state index < -0.39 is 0 Å². The van der Waals surface area contributed by atoms with Crippen LogP contribution in [-0.2, 0) is 17.6 Å². The van der Waals surface area contributed by atoms with Crippen LogP contribution in [0.25, 0.3) is 0 Å². The number of amides is 1. The fourth-order valence-electron chi connectivity index (χ4n) is 3.12. The summed E-state index contributed by atoms with van der Waals surface area (Å²) in [7, 11) is 0. The zero-order chi connectivity index (χ0) is 16.9. The molecule has 0 aliphatic carbocycles. The van der Waals surface area contributed by atoms with E-state index in [0.717, 1.165) is 53.3 Å². The van der Waals surface area contributed by atoms with Gasteiger partial charge in [-0.25, -0.2) is 0 Å². The summed E-state index contributed by atoms with van der Waals surface area (Å²) in [5, 5.41) is 3.72. The van der Waals surface area contributed by atoms with E-state index in [-0.39, 0.29) is 5.91 Å². The lowest BCUT2D eigenvalue weighted by atomic mass is 10.00. The Morgan fingerprint density at radius 3 is 2.79 bits per heavy atom. The summed E-state index contributed by atoms with van der Waals surface area (Å²) in [6.07, 6.45) is 2.81. The minimum absolute atomic E-state index is 0.0410. The average Bonchev–Trinajstić information content (AvgIpc) is 2.58. The molecule has 0 spiro atoms. The zero-order valence-corrected chi connectivity index (χ0v) is 14.4. The standard InChI is InChI=1S/C19H22ClN3O/c20-15-8-6-14(7-9-15)10-11-22-19(24)13-23-12-2-3-16-17(21)4-1-5-18(16)23/h1,4-9H,2-3,10-13,21H2,(H,22,24). The molecule has 3 N–H and O–H groups in total.